The van der Waals surface area contributed by atoms with Crippen molar-refractivity contribution < 1.29 is 9.53 Å². The number of hydrogen-bond acceptors (Lipinski definition) is 3. The topological polar surface area (TPSA) is 41.6 Å². The van der Waals surface area contributed by atoms with Gasteiger partial charge in [-0.25, -0.2) is 0 Å². The molecule has 1 heterocycles. The fourth-order valence-electron chi connectivity index (χ4n) is 2.28. The van der Waals surface area contributed by atoms with Gasteiger partial charge in [0.2, 0.25) is 5.91 Å². The Balaban J connectivity index is 1.68. The number of nitrogens with one attached hydrogen (secondary N) is 1. The van der Waals surface area contributed by atoms with Crippen molar-refractivity contribution in [2.75, 3.05) is 33.4 Å². The van der Waals surface area contributed by atoms with Crippen LogP contribution in [0.5, 0.6) is 0 Å². The van der Waals surface area contributed by atoms with Gasteiger partial charge in [-0.3, -0.25) is 4.79 Å². The molecule has 1 unspecified atom stereocenters. The van der Waals surface area contributed by atoms with Gasteiger partial charge in [0.1, 0.15) is 0 Å². The Morgan fingerprint density at radius 1 is 1.50 bits per heavy atom. The van der Waals surface area contributed by atoms with Crippen LogP contribution < -0.4 is 5.32 Å². The highest BCUT2D eigenvalue weighted by Crippen LogP contribution is 2.26. The third kappa shape index (κ3) is 3.19. The first-order valence-corrected chi connectivity index (χ1v) is 6.31. The lowest BCUT2D eigenvalue weighted by Crippen LogP contribution is -2.45. The first kappa shape index (κ1) is 11.9. The van der Waals surface area contributed by atoms with Crippen molar-refractivity contribution in [3.63, 3.8) is 0 Å². The van der Waals surface area contributed by atoms with Crippen LogP contribution in [0.2, 0.25) is 0 Å². The summed E-state index contributed by atoms with van der Waals surface area (Å²) in [5, 5.41) is 3.31. The molecule has 2 rings (SSSR count). The molecule has 1 saturated carbocycles. The highest BCUT2D eigenvalue weighted by molar-refractivity contribution is 5.76. The summed E-state index contributed by atoms with van der Waals surface area (Å²) in [6.45, 7) is 3.24. The molecule has 4 nitrogen and oxygen atoms in total. The van der Waals surface area contributed by atoms with Crippen LogP contribution in [0.3, 0.4) is 0 Å². The van der Waals surface area contributed by atoms with Crippen LogP contribution in [-0.2, 0) is 9.53 Å². The van der Waals surface area contributed by atoms with Crippen LogP contribution in [-0.4, -0.2) is 50.2 Å². The maximum atomic E-state index is 11.9. The molecule has 0 bridgehead atoms. The molecular weight excluding hydrogens is 204 g/mol. The molecule has 0 aromatic rings. The van der Waals surface area contributed by atoms with Gasteiger partial charge >= 0.3 is 0 Å². The van der Waals surface area contributed by atoms with E-state index >= 15 is 0 Å². The van der Waals surface area contributed by atoms with Crippen molar-refractivity contribution in [1.82, 2.24) is 10.2 Å². The predicted molar refractivity (Wildman–Crippen MR) is 62.2 cm³/mol. The van der Waals surface area contributed by atoms with Crippen molar-refractivity contribution in [2.45, 2.75) is 31.7 Å². The van der Waals surface area contributed by atoms with E-state index in [1.807, 2.05) is 11.9 Å². The summed E-state index contributed by atoms with van der Waals surface area (Å²) in [4.78, 5) is 13.8. The minimum atomic E-state index is 0.213. The zero-order valence-electron chi connectivity index (χ0n) is 10.1. The van der Waals surface area contributed by atoms with Crippen LogP contribution in [0.25, 0.3) is 0 Å². The van der Waals surface area contributed by atoms with E-state index in [9.17, 15) is 4.79 Å². The highest BCUT2D eigenvalue weighted by atomic mass is 16.5. The van der Waals surface area contributed by atoms with E-state index in [0.717, 1.165) is 25.6 Å². The second-order valence-electron chi connectivity index (χ2n) is 5.00. The minimum absolute atomic E-state index is 0.213. The van der Waals surface area contributed by atoms with E-state index in [4.69, 9.17) is 4.74 Å². The first-order valence-electron chi connectivity index (χ1n) is 6.31. The molecule has 1 N–H and O–H groups in total. The lowest BCUT2D eigenvalue weighted by Gasteiger charge is -2.31. The average molecular weight is 226 g/mol. The van der Waals surface area contributed by atoms with Gasteiger partial charge in [-0.1, -0.05) is 6.42 Å². The van der Waals surface area contributed by atoms with Crippen LogP contribution in [0.15, 0.2) is 0 Å². The molecule has 2 aliphatic rings. The summed E-state index contributed by atoms with van der Waals surface area (Å²) in [6, 6.07) is 0.213. The van der Waals surface area contributed by atoms with Crippen molar-refractivity contribution >= 4 is 5.91 Å². The van der Waals surface area contributed by atoms with Gasteiger partial charge in [0.05, 0.1) is 13.2 Å². The molecule has 1 atom stereocenters. The average Bonchev–Trinajstić information content (AvgIpc) is 2.24. The second-order valence-corrected chi connectivity index (χ2v) is 5.00. The number of ether oxygens (including phenoxy) is 1. The Labute approximate surface area is 97.3 Å². The third-order valence-corrected chi connectivity index (χ3v) is 3.60. The second kappa shape index (κ2) is 5.64. The zero-order valence-corrected chi connectivity index (χ0v) is 10.1. The van der Waals surface area contributed by atoms with E-state index < -0.39 is 0 Å². The summed E-state index contributed by atoms with van der Waals surface area (Å²) < 4.78 is 5.34. The standard InChI is InChI=1S/C12H22N2O2/c1-14(8-10-3-2-4-10)12(15)7-11-9-16-6-5-13-11/h10-11,13H,2-9H2,1H3. The van der Waals surface area contributed by atoms with E-state index in [1.165, 1.54) is 19.3 Å². The van der Waals surface area contributed by atoms with Crippen LogP contribution in [0.1, 0.15) is 25.7 Å². The Morgan fingerprint density at radius 3 is 2.88 bits per heavy atom. The lowest BCUT2D eigenvalue weighted by molar-refractivity contribution is -0.132. The predicted octanol–water partition coefficient (Wildman–Crippen LogP) is 0.623. The van der Waals surface area contributed by atoms with E-state index in [0.29, 0.717) is 13.0 Å². The third-order valence-electron chi connectivity index (χ3n) is 3.60. The minimum Gasteiger partial charge on any atom is -0.378 e. The number of amides is 1. The Hall–Kier alpha value is -0.610. The fraction of sp³-hybridized carbons (Fsp3) is 0.917. The van der Waals surface area contributed by atoms with Crippen molar-refractivity contribution in [1.29, 1.82) is 0 Å². The van der Waals surface area contributed by atoms with Crippen LogP contribution >= 0.6 is 0 Å². The van der Waals surface area contributed by atoms with E-state index in [2.05, 4.69) is 5.32 Å². The Morgan fingerprint density at radius 2 is 2.31 bits per heavy atom. The van der Waals surface area contributed by atoms with Crippen molar-refractivity contribution in [3.05, 3.63) is 0 Å². The molecule has 0 spiro atoms. The monoisotopic (exact) mass is 226 g/mol. The summed E-state index contributed by atoms with van der Waals surface area (Å²) >= 11 is 0. The number of nitrogens with zero attached hydrogens (tertiary/aromatic N) is 1. The molecule has 1 aliphatic heterocycles. The molecule has 1 aliphatic carbocycles. The maximum Gasteiger partial charge on any atom is 0.223 e. The van der Waals surface area contributed by atoms with Crippen molar-refractivity contribution in [2.24, 2.45) is 5.92 Å². The Kier molecular flexibility index (Phi) is 4.18. The molecule has 0 aromatic heterocycles. The lowest BCUT2D eigenvalue weighted by atomic mass is 9.85. The summed E-state index contributed by atoms with van der Waals surface area (Å²) in [5.41, 5.74) is 0. The van der Waals surface area contributed by atoms with E-state index in [-0.39, 0.29) is 11.9 Å². The van der Waals surface area contributed by atoms with Gasteiger partial charge in [0, 0.05) is 32.6 Å². The summed E-state index contributed by atoms with van der Waals surface area (Å²) in [6.07, 6.45) is 4.50. The molecule has 0 aromatic carbocycles. The number of hydrogen-bond donors (Lipinski definition) is 1. The normalized spacial score (nSPS) is 26.2. The van der Waals surface area contributed by atoms with Gasteiger partial charge in [0.25, 0.3) is 0 Å². The fourth-order valence-corrected chi connectivity index (χ4v) is 2.28. The molecule has 16 heavy (non-hydrogen) atoms. The first-order chi connectivity index (χ1) is 7.75. The Bertz CT molecular complexity index is 235. The van der Waals surface area contributed by atoms with Gasteiger partial charge in [-0.2, -0.15) is 0 Å². The quantitative estimate of drug-likeness (QED) is 0.764. The number of morpholine rings is 1. The number of carbonyl (C=O) groups is 1. The van der Waals surface area contributed by atoms with Crippen LogP contribution in [0, 0.1) is 5.92 Å². The van der Waals surface area contributed by atoms with Gasteiger partial charge in [0.15, 0.2) is 0 Å². The molecule has 0 radical (unpaired) electrons. The summed E-state index contributed by atoms with van der Waals surface area (Å²) in [5.74, 6) is 0.999. The molecular formula is C12H22N2O2. The largest absolute Gasteiger partial charge is 0.378 e. The van der Waals surface area contributed by atoms with Gasteiger partial charge in [-0.05, 0) is 18.8 Å². The van der Waals surface area contributed by atoms with Gasteiger partial charge in [-0.15, -0.1) is 0 Å². The van der Waals surface area contributed by atoms with Crippen LogP contribution in [0.4, 0.5) is 0 Å². The highest BCUT2D eigenvalue weighted by Gasteiger charge is 2.23. The molecule has 2 fully saturated rings. The summed E-state index contributed by atoms with van der Waals surface area (Å²) in [7, 11) is 1.92. The molecule has 1 saturated heterocycles. The zero-order chi connectivity index (χ0) is 11.4. The molecule has 4 heteroatoms. The molecule has 92 valence electrons. The van der Waals surface area contributed by atoms with Crippen molar-refractivity contribution in [3.8, 4) is 0 Å². The van der Waals surface area contributed by atoms with E-state index in [1.54, 1.807) is 0 Å². The molecule has 1 amide bonds. The smallest absolute Gasteiger partial charge is 0.223 e. The SMILES string of the molecule is CN(CC1CCC1)C(=O)CC1COCCN1. The maximum absolute atomic E-state index is 11.9. The number of carbonyl (C=O) groups excluding carboxylic acids is 1. The van der Waals surface area contributed by atoms with Gasteiger partial charge < -0.3 is 15.0 Å². The number of rotatable bonds is 4.